The first-order valence-electron chi connectivity index (χ1n) is 15.5. The van der Waals surface area contributed by atoms with E-state index in [1.54, 1.807) is 6.92 Å². The van der Waals surface area contributed by atoms with Gasteiger partial charge in [-0.2, -0.15) is 5.10 Å². The van der Waals surface area contributed by atoms with Gasteiger partial charge in [0.25, 0.3) is 0 Å². The monoisotopic (exact) mass is 616 g/mol. The molecule has 0 saturated carbocycles. The second kappa shape index (κ2) is 12.4. The van der Waals surface area contributed by atoms with Crippen molar-refractivity contribution in [1.29, 1.82) is 0 Å². The Kier molecular flexibility index (Phi) is 8.55. The van der Waals surface area contributed by atoms with Crippen LogP contribution in [0, 0.1) is 6.92 Å². The van der Waals surface area contributed by atoms with Crippen molar-refractivity contribution in [2.45, 2.75) is 71.8 Å². The van der Waals surface area contributed by atoms with Gasteiger partial charge in [-0.05, 0) is 56.5 Å². The van der Waals surface area contributed by atoms with Crippen molar-refractivity contribution in [3.8, 4) is 11.3 Å². The summed E-state index contributed by atoms with van der Waals surface area (Å²) in [4.78, 5) is 29.8. The fourth-order valence-electron chi connectivity index (χ4n) is 6.86. The molecule has 44 heavy (non-hydrogen) atoms. The number of para-hydroxylation sites is 2. The van der Waals surface area contributed by atoms with Crippen LogP contribution in [0.15, 0.2) is 59.4 Å². The third kappa shape index (κ3) is 5.88. The summed E-state index contributed by atoms with van der Waals surface area (Å²) in [6, 6.07) is 14.0. The zero-order valence-electron chi connectivity index (χ0n) is 25.8. The minimum absolute atomic E-state index is 0.0196. The van der Waals surface area contributed by atoms with Crippen molar-refractivity contribution >= 4 is 28.5 Å². The number of carbonyl (C=O) groups is 1. The zero-order chi connectivity index (χ0) is 31.1. The van der Waals surface area contributed by atoms with Gasteiger partial charge >= 0.3 is 5.69 Å². The molecule has 4 aromatic rings. The first kappa shape index (κ1) is 30.4. The van der Waals surface area contributed by atoms with Crippen molar-refractivity contribution in [2.24, 2.45) is 0 Å². The van der Waals surface area contributed by atoms with Crippen molar-refractivity contribution in [2.75, 3.05) is 26.2 Å². The Bertz CT molecular complexity index is 1780. The summed E-state index contributed by atoms with van der Waals surface area (Å²) in [6.07, 6.45) is 1.76. The average Bonchev–Trinajstić information content (AvgIpc) is 3.48. The number of β-amino-alcohol motifs (C(OH)–C–C–N with tert-alkyl or cyclic N) is 1. The van der Waals surface area contributed by atoms with E-state index in [1.165, 1.54) is 0 Å². The number of imidazole rings is 1. The lowest BCUT2D eigenvalue weighted by molar-refractivity contribution is -0.129. The molecule has 10 heteroatoms. The van der Waals surface area contributed by atoms with Gasteiger partial charge in [0.2, 0.25) is 5.91 Å². The molecule has 0 spiro atoms. The predicted octanol–water partition coefficient (Wildman–Crippen LogP) is 4.81. The number of rotatable bonds is 8. The van der Waals surface area contributed by atoms with Crippen LogP contribution in [0.1, 0.15) is 49.6 Å². The van der Waals surface area contributed by atoms with E-state index in [1.807, 2.05) is 75.0 Å². The second-order valence-electron chi connectivity index (χ2n) is 12.5. The molecule has 0 aliphatic carbocycles. The predicted molar refractivity (Wildman–Crippen MR) is 174 cm³/mol. The minimum Gasteiger partial charge on any atom is -0.390 e. The summed E-state index contributed by atoms with van der Waals surface area (Å²) in [5, 5.41) is 16.9. The van der Waals surface area contributed by atoms with Gasteiger partial charge in [-0.15, -0.1) is 0 Å². The first-order valence-corrected chi connectivity index (χ1v) is 15.8. The number of amides is 1. The molecule has 0 radical (unpaired) electrons. The maximum Gasteiger partial charge on any atom is 0.329 e. The topological polar surface area (TPSA) is 88.5 Å². The number of aryl methyl sites for hydroxylation is 1. The SMILES string of the molecule is C=C(C)Cn1c(=O)n(C2CCN(CC(O)Cn3nc(-c4ccc(Cl)c(C)c4)c4c3CCN(C(C)=O)C4)CC2)c2ccccc21. The highest BCUT2D eigenvalue weighted by atomic mass is 35.5. The highest BCUT2D eigenvalue weighted by Crippen LogP contribution is 2.33. The van der Waals surface area contributed by atoms with E-state index in [2.05, 4.69) is 11.5 Å². The number of benzene rings is 2. The standard InChI is InChI=1S/C34H41ClN6O3/c1-22(2)18-39-31-7-5-6-8-32(31)41(34(39)44)26-11-14-37(15-12-26)19-27(43)20-40-30-13-16-38(24(4)42)21-28(30)33(36-40)25-9-10-29(35)23(3)17-25/h5-10,17,26-27,43H,1,11-16,18-21H2,2-4H3. The van der Waals surface area contributed by atoms with Crippen LogP contribution in [0.4, 0.5) is 0 Å². The molecule has 1 amide bonds. The van der Waals surface area contributed by atoms with Crippen LogP contribution >= 0.6 is 11.6 Å². The van der Waals surface area contributed by atoms with Crippen molar-refractivity contribution in [3.05, 3.63) is 86.9 Å². The summed E-state index contributed by atoms with van der Waals surface area (Å²) in [6.45, 7) is 13.7. The molecule has 2 aromatic carbocycles. The number of hydrogen-bond acceptors (Lipinski definition) is 5. The van der Waals surface area contributed by atoms with Crippen LogP contribution in [0.5, 0.6) is 0 Å². The number of nitrogens with zero attached hydrogens (tertiary/aromatic N) is 6. The number of aliphatic hydroxyl groups excluding tert-OH is 1. The Labute approximate surface area is 262 Å². The van der Waals surface area contributed by atoms with E-state index in [9.17, 15) is 14.7 Å². The molecule has 232 valence electrons. The van der Waals surface area contributed by atoms with Crippen molar-refractivity contribution in [3.63, 3.8) is 0 Å². The van der Waals surface area contributed by atoms with Crippen molar-refractivity contribution in [1.82, 2.24) is 28.7 Å². The summed E-state index contributed by atoms with van der Waals surface area (Å²) < 4.78 is 5.74. The molecule has 2 aliphatic heterocycles. The van der Waals surface area contributed by atoms with Gasteiger partial charge in [0.15, 0.2) is 0 Å². The smallest absolute Gasteiger partial charge is 0.329 e. The molecular formula is C34H41ClN6O3. The van der Waals surface area contributed by atoms with Gasteiger partial charge in [-0.25, -0.2) is 4.79 Å². The number of hydrogen-bond donors (Lipinski definition) is 1. The highest BCUT2D eigenvalue weighted by molar-refractivity contribution is 6.31. The Morgan fingerprint density at radius 1 is 1.09 bits per heavy atom. The Hall–Kier alpha value is -3.66. The first-order chi connectivity index (χ1) is 21.1. The van der Waals surface area contributed by atoms with Gasteiger partial charge < -0.3 is 14.9 Å². The van der Waals surface area contributed by atoms with Crippen LogP contribution in [0.25, 0.3) is 22.3 Å². The summed E-state index contributed by atoms with van der Waals surface area (Å²) in [7, 11) is 0. The average molecular weight is 617 g/mol. The lowest BCUT2D eigenvalue weighted by Crippen LogP contribution is -2.42. The van der Waals surface area contributed by atoms with E-state index in [4.69, 9.17) is 16.7 Å². The summed E-state index contributed by atoms with van der Waals surface area (Å²) >= 11 is 6.30. The number of likely N-dealkylation sites (tertiary alicyclic amines) is 1. The van der Waals surface area contributed by atoms with Crippen LogP contribution < -0.4 is 5.69 Å². The molecule has 2 aliphatic rings. The number of allylic oxidation sites excluding steroid dienone is 1. The van der Waals surface area contributed by atoms with Crippen molar-refractivity contribution < 1.29 is 9.90 Å². The lowest BCUT2D eigenvalue weighted by Gasteiger charge is -2.33. The second-order valence-corrected chi connectivity index (χ2v) is 12.9. The maximum atomic E-state index is 13.5. The number of aromatic nitrogens is 4. The van der Waals surface area contributed by atoms with Gasteiger partial charge in [0.05, 0.1) is 29.4 Å². The van der Waals surface area contributed by atoms with Gasteiger partial charge in [0.1, 0.15) is 0 Å². The maximum absolute atomic E-state index is 13.5. The van der Waals surface area contributed by atoms with E-state index in [0.29, 0.717) is 44.2 Å². The molecule has 4 heterocycles. The number of carbonyl (C=O) groups excluding carboxylic acids is 1. The van der Waals surface area contributed by atoms with Crippen LogP contribution in [-0.4, -0.2) is 72.0 Å². The van der Waals surface area contributed by atoms with E-state index < -0.39 is 6.10 Å². The van der Waals surface area contributed by atoms with Crippen LogP contribution in [-0.2, 0) is 30.8 Å². The molecule has 2 aromatic heterocycles. The third-order valence-corrected chi connectivity index (χ3v) is 9.51. The fraction of sp³-hybridized carbons (Fsp3) is 0.441. The molecule has 0 bridgehead atoms. The Morgan fingerprint density at radius 2 is 1.82 bits per heavy atom. The molecule has 6 rings (SSSR count). The van der Waals surface area contributed by atoms with Gasteiger partial charge in [0, 0.05) is 80.5 Å². The molecule has 1 atom stereocenters. The fourth-order valence-corrected chi connectivity index (χ4v) is 6.98. The molecular weight excluding hydrogens is 576 g/mol. The van der Waals surface area contributed by atoms with Crippen LogP contribution in [0.2, 0.25) is 5.02 Å². The number of halogens is 1. The number of aliphatic hydroxyl groups is 1. The third-order valence-electron chi connectivity index (χ3n) is 9.08. The minimum atomic E-state index is -0.610. The molecule has 9 nitrogen and oxygen atoms in total. The quantitative estimate of drug-likeness (QED) is 0.287. The molecule has 1 saturated heterocycles. The van der Waals surface area contributed by atoms with Gasteiger partial charge in [-0.3, -0.25) is 18.6 Å². The highest BCUT2D eigenvalue weighted by Gasteiger charge is 2.29. The lowest BCUT2D eigenvalue weighted by atomic mass is 9.99. The van der Waals surface area contributed by atoms with E-state index in [0.717, 1.165) is 70.6 Å². The molecule has 1 N–H and O–H groups in total. The number of fused-ring (bicyclic) bond motifs is 2. The Balaban J connectivity index is 1.16. The van der Waals surface area contributed by atoms with Crippen LogP contribution in [0.3, 0.4) is 0 Å². The zero-order valence-corrected chi connectivity index (χ0v) is 26.6. The molecule has 1 fully saturated rings. The number of piperidine rings is 1. The Morgan fingerprint density at radius 3 is 2.50 bits per heavy atom. The summed E-state index contributed by atoms with van der Waals surface area (Å²) in [5.41, 5.74) is 7.77. The molecule has 1 unspecified atom stereocenters. The van der Waals surface area contributed by atoms with Gasteiger partial charge in [-0.1, -0.05) is 42.0 Å². The van der Waals surface area contributed by atoms with E-state index >= 15 is 0 Å². The summed E-state index contributed by atoms with van der Waals surface area (Å²) in [5.74, 6) is 0.0488. The largest absolute Gasteiger partial charge is 0.390 e. The van der Waals surface area contributed by atoms with E-state index in [-0.39, 0.29) is 17.6 Å². The normalized spacial score (nSPS) is 16.8.